The van der Waals surface area contributed by atoms with Gasteiger partial charge in [-0.25, -0.2) is 9.78 Å². The molecule has 1 spiro atoms. The summed E-state index contributed by atoms with van der Waals surface area (Å²) in [6.45, 7) is 9.14. The molecule has 0 saturated heterocycles. The zero-order valence-electron chi connectivity index (χ0n) is 21.2. The maximum atomic E-state index is 14.3. The Morgan fingerprint density at radius 2 is 2.00 bits per heavy atom. The highest BCUT2D eigenvalue weighted by Crippen LogP contribution is 2.60. The number of carbonyl (C=O) groups is 2. The highest BCUT2D eigenvalue weighted by atomic mass is 32.1. The van der Waals surface area contributed by atoms with Crippen molar-refractivity contribution in [3.05, 3.63) is 34.4 Å². The maximum Gasteiger partial charge on any atom is 0.416 e. The number of hydrogen-bond acceptors (Lipinski definition) is 8. The van der Waals surface area contributed by atoms with Gasteiger partial charge in [-0.15, -0.1) is 11.3 Å². The zero-order valence-corrected chi connectivity index (χ0v) is 22.0. The van der Waals surface area contributed by atoms with Gasteiger partial charge in [-0.1, -0.05) is 32.9 Å². The van der Waals surface area contributed by atoms with Gasteiger partial charge in [-0.3, -0.25) is 9.69 Å². The molecule has 0 aliphatic heterocycles. The van der Waals surface area contributed by atoms with Gasteiger partial charge in [0.25, 0.3) is 0 Å². The van der Waals surface area contributed by atoms with Gasteiger partial charge in [-0.05, 0) is 55.6 Å². The smallest absolute Gasteiger partial charge is 0.416 e. The number of aromatic nitrogens is 1. The van der Waals surface area contributed by atoms with Crippen molar-refractivity contribution in [1.29, 1.82) is 0 Å². The normalized spacial score (nSPS) is 40.5. The van der Waals surface area contributed by atoms with Crippen LogP contribution in [-0.2, 0) is 9.53 Å². The average molecular weight is 505 g/mol. The first-order valence-electron chi connectivity index (χ1n) is 12.2. The lowest BCUT2D eigenvalue weighted by Gasteiger charge is -2.50. The molecule has 0 radical (unpaired) electrons. The molecule has 1 saturated carbocycles. The molecular formula is C26H36N2O6S. The molecule has 8 nitrogen and oxygen atoms in total. The van der Waals surface area contributed by atoms with Gasteiger partial charge in [0.2, 0.25) is 0 Å². The Morgan fingerprint density at radius 1 is 1.31 bits per heavy atom. The van der Waals surface area contributed by atoms with Crippen LogP contribution in [0.1, 0.15) is 46.2 Å². The quantitative estimate of drug-likeness (QED) is 0.541. The van der Waals surface area contributed by atoms with E-state index in [2.05, 4.69) is 18.8 Å². The number of ketones is 1. The van der Waals surface area contributed by atoms with E-state index in [1.165, 1.54) is 23.3 Å². The first-order valence-corrected chi connectivity index (χ1v) is 13.1. The third kappa shape index (κ3) is 3.70. The number of hydrogen-bond donors (Lipinski definition) is 3. The van der Waals surface area contributed by atoms with E-state index in [1.54, 1.807) is 19.1 Å². The number of allylic oxidation sites excluding steroid dienone is 1. The van der Waals surface area contributed by atoms with Crippen LogP contribution in [-0.4, -0.2) is 63.6 Å². The van der Waals surface area contributed by atoms with Crippen LogP contribution in [0, 0.1) is 36.0 Å². The molecule has 192 valence electrons. The fraction of sp³-hybridized carbons (Fsp3) is 0.654. The lowest BCUT2D eigenvalue weighted by atomic mass is 9.57. The van der Waals surface area contributed by atoms with Gasteiger partial charge in [0.05, 0.1) is 17.7 Å². The van der Waals surface area contributed by atoms with Crippen LogP contribution in [0.25, 0.3) is 0 Å². The minimum atomic E-state index is -2.17. The molecule has 0 aromatic carbocycles. The largest absolute Gasteiger partial charge is 0.438 e. The van der Waals surface area contributed by atoms with E-state index < -0.39 is 41.8 Å². The van der Waals surface area contributed by atoms with E-state index in [0.29, 0.717) is 23.5 Å². The summed E-state index contributed by atoms with van der Waals surface area (Å²) >= 11 is 1.29. The first-order chi connectivity index (χ1) is 16.4. The second-order valence-corrected chi connectivity index (χ2v) is 11.5. The topological polar surface area (TPSA) is 120 Å². The predicted octanol–water partition coefficient (Wildman–Crippen LogP) is 3.25. The summed E-state index contributed by atoms with van der Waals surface area (Å²) in [4.78, 5) is 33.0. The minimum Gasteiger partial charge on any atom is -0.438 e. The van der Waals surface area contributed by atoms with Crippen LogP contribution < -0.4 is 4.90 Å². The van der Waals surface area contributed by atoms with Crippen molar-refractivity contribution in [2.75, 3.05) is 18.6 Å². The highest BCUT2D eigenvalue weighted by molar-refractivity contribution is 7.13. The summed E-state index contributed by atoms with van der Waals surface area (Å²) in [7, 11) is 1.53. The molecule has 35 heavy (non-hydrogen) atoms. The average Bonchev–Trinajstić information content (AvgIpc) is 3.33. The van der Waals surface area contributed by atoms with E-state index in [-0.39, 0.29) is 29.1 Å². The summed E-state index contributed by atoms with van der Waals surface area (Å²) in [5.74, 6) is -0.602. The van der Waals surface area contributed by atoms with E-state index in [9.17, 15) is 24.9 Å². The lowest BCUT2D eigenvalue weighted by molar-refractivity contribution is -0.192. The number of aliphatic hydroxyl groups is 3. The van der Waals surface area contributed by atoms with Gasteiger partial charge < -0.3 is 20.1 Å². The standard InChI is InChI=1S/C26H36N2O6S/c1-13-9-15(3)25-10-14(2)22(34-24(32)28(6)23-27-16(4)12-35-23)26(25,33)20(30)18(11-29)7-8-19(17(13)5)21(25)31/h7,10,12-13,15,17,19-20,22,29-30,33H,8-9,11H2,1-6H3/b18-7-/t13?,15-,17?,19?,20?,22?,25?,26?/m1/s1. The van der Waals surface area contributed by atoms with Gasteiger partial charge in [0.15, 0.2) is 16.8 Å². The van der Waals surface area contributed by atoms with Crippen LogP contribution in [0.2, 0.25) is 0 Å². The minimum absolute atomic E-state index is 0.0505. The summed E-state index contributed by atoms with van der Waals surface area (Å²) in [5.41, 5.74) is -2.13. The molecule has 3 N–H and O–H groups in total. The first kappa shape index (κ1) is 26.0. The summed E-state index contributed by atoms with van der Waals surface area (Å²) < 4.78 is 5.87. The molecule has 1 fully saturated rings. The van der Waals surface area contributed by atoms with Crippen molar-refractivity contribution >= 4 is 28.3 Å². The van der Waals surface area contributed by atoms with Gasteiger partial charge in [0.1, 0.15) is 11.9 Å². The number of aliphatic hydroxyl groups excluding tert-OH is 2. The fourth-order valence-corrected chi connectivity index (χ4v) is 7.27. The highest BCUT2D eigenvalue weighted by Gasteiger charge is 2.71. The molecule has 7 unspecified atom stereocenters. The van der Waals surface area contributed by atoms with Crippen LogP contribution in [0.15, 0.2) is 28.7 Å². The van der Waals surface area contributed by atoms with Crippen molar-refractivity contribution in [2.24, 2.45) is 29.1 Å². The molecule has 8 atom stereocenters. The van der Waals surface area contributed by atoms with Crippen LogP contribution in [0.3, 0.4) is 0 Å². The summed E-state index contributed by atoms with van der Waals surface area (Å²) in [6, 6.07) is 0. The summed E-state index contributed by atoms with van der Waals surface area (Å²) in [6.07, 6.45) is 0.817. The van der Waals surface area contributed by atoms with Crippen molar-refractivity contribution < 1.29 is 29.6 Å². The Balaban J connectivity index is 1.84. The lowest BCUT2D eigenvalue weighted by Crippen LogP contribution is -2.67. The molecule has 1 aromatic heterocycles. The third-order valence-corrected chi connectivity index (χ3v) is 9.72. The van der Waals surface area contributed by atoms with Gasteiger partial charge >= 0.3 is 6.09 Å². The number of ether oxygens (including phenoxy) is 1. The number of anilines is 1. The number of fused-ring (bicyclic) bond motifs is 1. The van der Waals surface area contributed by atoms with E-state index >= 15 is 0 Å². The van der Waals surface area contributed by atoms with E-state index in [4.69, 9.17) is 4.74 Å². The zero-order chi connectivity index (χ0) is 25.9. The van der Waals surface area contributed by atoms with Gasteiger partial charge in [-0.2, -0.15) is 0 Å². The number of carbonyl (C=O) groups excluding carboxylic acids is 2. The molecule has 1 aromatic rings. The Kier molecular flexibility index (Phi) is 6.76. The Bertz CT molecular complexity index is 1080. The van der Waals surface area contributed by atoms with Crippen molar-refractivity contribution in [3.63, 3.8) is 0 Å². The number of aryl methyl sites for hydroxylation is 1. The van der Waals surface area contributed by atoms with Crippen molar-refractivity contribution in [1.82, 2.24) is 4.98 Å². The van der Waals surface area contributed by atoms with Crippen LogP contribution >= 0.6 is 11.3 Å². The molecule has 1 amide bonds. The van der Waals surface area contributed by atoms with Crippen LogP contribution in [0.5, 0.6) is 0 Å². The number of rotatable bonds is 3. The van der Waals surface area contributed by atoms with Crippen molar-refractivity contribution in [2.45, 2.75) is 65.3 Å². The fourth-order valence-electron chi connectivity index (χ4n) is 6.51. The number of nitrogens with zero attached hydrogens (tertiary/aromatic N) is 2. The van der Waals surface area contributed by atoms with E-state index in [0.717, 1.165) is 5.69 Å². The molecule has 3 aliphatic carbocycles. The molecular weight excluding hydrogens is 468 g/mol. The third-order valence-electron chi connectivity index (χ3n) is 8.68. The maximum absolute atomic E-state index is 14.3. The second-order valence-electron chi connectivity index (χ2n) is 10.7. The molecule has 3 aliphatic rings. The molecule has 4 rings (SSSR count). The number of thiazole rings is 1. The van der Waals surface area contributed by atoms with E-state index in [1.807, 2.05) is 19.2 Å². The number of amides is 1. The summed E-state index contributed by atoms with van der Waals surface area (Å²) in [5, 5.41) is 36.4. The number of Topliss-reactive ketones (excluding diaryl/α,β-unsaturated/α-hetero) is 1. The predicted molar refractivity (Wildman–Crippen MR) is 133 cm³/mol. The Hall–Kier alpha value is -2.07. The molecule has 9 heteroatoms. The van der Waals surface area contributed by atoms with Crippen molar-refractivity contribution in [3.8, 4) is 0 Å². The monoisotopic (exact) mass is 504 g/mol. The Morgan fingerprint density at radius 3 is 2.60 bits per heavy atom. The van der Waals surface area contributed by atoms with Crippen LogP contribution in [0.4, 0.5) is 9.93 Å². The van der Waals surface area contributed by atoms with Gasteiger partial charge in [0, 0.05) is 18.3 Å². The Labute approximate surface area is 210 Å². The second kappa shape index (κ2) is 9.10. The SMILES string of the molecule is CC1=CC23C(=O)C(C/C=C(/CO)C(O)C2(O)C1OC(=O)N(C)c1nc(C)cs1)C(C)C(C)C[C@H]3C. The molecule has 1 heterocycles. The molecule has 2 bridgehead atoms.